The third-order valence-corrected chi connectivity index (χ3v) is 6.04. The summed E-state index contributed by atoms with van der Waals surface area (Å²) in [5.74, 6) is 2.14. The Labute approximate surface area is 170 Å². The number of hydrogen-bond acceptors (Lipinski definition) is 3. The van der Waals surface area contributed by atoms with E-state index in [-0.39, 0.29) is 0 Å². The molecule has 3 nitrogen and oxygen atoms in total. The molecule has 3 heteroatoms. The molecule has 0 amide bonds. The number of nitrogens with zero attached hydrogens (tertiary/aromatic N) is 1. The molecule has 28 heavy (non-hydrogen) atoms. The fourth-order valence-corrected chi connectivity index (χ4v) is 4.10. The molecule has 0 aliphatic carbocycles. The number of ether oxygens (including phenoxy) is 1. The molecule has 0 saturated carbocycles. The van der Waals surface area contributed by atoms with E-state index in [0.717, 1.165) is 31.2 Å². The largest absolute Gasteiger partial charge is 0.491 e. The van der Waals surface area contributed by atoms with Gasteiger partial charge >= 0.3 is 0 Å². The van der Waals surface area contributed by atoms with Crippen molar-refractivity contribution in [1.29, 1.82) is 0 Å². The van der Waals surface area contributed by atoms with Gasteiger partial charge in [-0.3, -0.25) is 0 Å². The van der Waals surface area contributed by atoms with Crippen LogP contribution in [0.3, 0.4) is 0 Å². The summed E-state index contributed by atoms with van der Waals surface area (Å²) in [5, 5.41) is 10.5. The van der Waals surface area contributed by atoms with Crippen molar-refractivity contribution in [2.75, 3.05) is 26.2 Å². The van der Waals surface area contributed by atoms with E-state index >= 15 is 0 Å². The number of hydrogen-bond donors (Lipinski definition) is 1. The molecule has 2 aromatic carbocycles. The van der Waals surface area contributed by atoms with Crippen LogP contribution in [0, 0.1) is 5.92 Å². The third-order valence-electron chi connectivity index (χ3n) is 6.04. The van der Waals surface area contributed by atoms with Crippen LogP contribution in [-0.2, 0) is 6.42 Å². The maximum atomic E-state index is 10.5. The number of aliphatic hydroxyl groups excluding tert-OH is 1. The molecular weight excluding hydrogens is 346 g/mol. The second-order valence-corrected chi connectivity index (χ2v) is 8.25. The summed E-state index contributed by atoms with van der Waals surface area (Å²) in [6.45, 7) is 7.60. The molecular formula is C25H35NO2. The molecule has 1 fully saturated rings. The number of para-hydroxylation sites is 1. The monoisotopic (exact) mass is 381 g/mol. The Kier molecular flexibility index (Phi) is 7.93. The van der Waals surface area contributed by atoms with E-state index in [1.807, 2.05) is 12.1 Å². The molecule has 0 spiro atoms. The lowest BCUT2D eigenvalue weighted by Gasteiger charge is -2.33. The van der Waals surface area contributed by atoms with Crippen LogP contribution in [-0.4, -0.2) is 42.4 Å². The SMILES string of the molecule is CC[C@@H](C)c1ccccc1OC[C@@H](O)CN1CCC(Cc2ccccc2)CC1. The van der Waals surface area contributed by atoms with Crippen molar-refractivity contribution in [3.05, 3.63) is 65.7 Å². The molecule has 0 unspecified atom stereocenters. The number of piperidine rings is 1. The van der Waals surface area contributed by atoms with E-state index in [1.54, 1.807) is 0 Å². The summed E-state index contributed by atoms with van der Waals surface area (Å²) >= 11 is 0. The molecule has 2 atom stereocenters. The molecule has 0 radical (unpaired) electrons. The zero-order valence-electron chi connectivity index (χ0n) is 17.4. The lowest BCUT2D eigenvalue weighted by atomic mass is 9.90. The highest BCUT2D eigenvalue weighted by molar-refractivity contribution is 5.35. The summed E-state index contributed by atoms with van der Waals surface area (Å²) in [6, 6.07) is 19.0. The van der Waals surface area contributed by atoms with Gasteiger partial charge in [0.2, 0.25) is 0 Å². The summed E-state index contributed by atoms with van der Waals surface area (Å²) in [4.78, 5) is 2.39. The smallest absolute Gasteiger partial charge is 0.122 e. The molecule has 152 valence electrons. The number of likely N-dealkylation sites (tertiary alicyclic amines) is 1. The number of benzene rings is 2. The fraction of sp³-hybridized carbons (Fsp3) is 0.520. The molecule has 1 aliphatic rings. The Morgan fingerprint density at radius 3 is 2.43 bits per heavy atom. The molecule has 1 heterocycles. The second-order valence-electron chi connectivity index (χ2n) is 8.25. The average molecular weight is 382 g/mol. The zero-order chi connectivity index (χ0) is 19.8. The minimum Gasteiger partial charge on any atom is -0.491 e. The van der Waals surface area contributed by atoms with Crippen LogP contribution in [0.4, 0.5) is 0 Å². The normalized spacial score (nSPS) is 18.0. The van der Waals surface area contributed by atoms with Crippen molar-refractivity contribution >= 4 is 0 Å². The number of aliphatic hydroxyl groups is 1. The van der Waals surface area contributed by atoms with Gasteiger partial charge in [-0.15, -0.1) is 0 Å². The maximum Gasteiger partial charge on any atom is 0.122 e. The van der Waals surface area contributed by atoms with Gasteiger partial charge in [-0.25, -0.2) is 0 Å². The Morgan fingerprint density at radius 1 is 1.04 bits per heavy atom. The van der Waals surface area contributed by atoms with Gasteiger partial charge in [-0.1, -0.05) is 62.4 Å². The van der Waals surface area contributed by atoms with Crippen LogP contribution in [0.5, 0.6) is 5.75 Å². The van der Waals surface area contributed by atoms with Crippen LogP contribution >= 0.6 is 0 Å². The Hall–Kier alpha value is -1.84. The van der Waals surface area contributed by atoms with E-state index in [2.05, 4.69) is 61.2 Å². The summed E-state index contributed by atoms with van der Waals surface area (Å²) in [6.07, 6.45) is 4.22. The molecule has 0 aromatic heterocycles. The van der Waals surface area contributed by atoms with Gasteiger partial charge in [-0.05, 0) is 67.8 Å². The van der Waals surface area contributed by atoms with Gasteiger partial charge in [0, 0.05) is 6.54 Å². The zero-order valence-corrected chi connectivity index (χ0v) is 17.4. The average Bonchev–Trinajstić information content (AvgIpc) is 2.74. The first kappa shape index (κ1) is 20.9. The van der Waals surface area contributed by atoms with Crippen molar-refractivity contribution in [3.63, 3.8) is 0 Å². The van der Waals surface area contributed by atoms with Gasteiger partial charge in [0.05, 0.1) is 0 Å². The Morgan fingerprint density at radius 2 is 1.71 bits per heavy atom. The van der Waals surface area contributed by atoms with Crippen LogP contribution in [0.15, 0.2) is 54.6 Å². The molecule has 1 N–H and O–H groups in total. The van der Waals surface area contributed by atoms with Crippen molar-refractivity contribution in [2.24, 2.45) is 5.92 Å². The second kappa shape index (κ2) is 10.6. The minimum absolute atomic E-state index is 0.359. The highest BCUT2D eigenvalue weighted by Gasteiger charge is 2.21. The topological polar surface area (TPSA) is 32.7 Å². The highest BCUT2D eigenvalue weighted by Crippen LogP contribution is 2.28. The van der Waals surface area contributed by atoms with Gasteiger partial charge < -0.3 is 14.7 Å². The van der Waals surface area contributed by atoms with E-state index in [1.165, 1.54) is 30.4 Å². The molecule has 0 bridgehead atoms. The van der Waals surface area contributed by atoms with E-state index in [9.17, 15) is 5.11 Å². The van der Waals surface area contributed by atoms with Crippen LogP contribution in [0.25, 0.3) is 0 Å². The Balaban J connectivity index is 1.41. The lowest BCUT2D eigenvalue weighted by molar-refractivity contribution is 0.0547. The number of rotatable bonds is 9. The van der Waals surface area contributed by atoms with Gasteiger partial charge in [0.15, 0.2) is 0 Å². The Bertz CT molecular complexity index is 695. The number of β-amino-alcohol motifs (C(OH)–C–C–N with tert-alkyl or cyclic N) is 1. The van der Waals surface area contributed by atoms with E-state index < -0.39 is 6.10 Å². The predicted octanol–water partition coefficient (Wildman–Crippen LogP) is 4.89. The fourth-order valence-electron chi connectivity index (χ4n) is 4.10. The van der Waals surface area contributed by atoms with E-state index in [0.29, 0.717) is 19.1 Å². The molecule has 1 saturated heterocycles. The molecule has 2 aromatic rings. The first-order valence-corrected chi connectivity index (χ1v) is 10.8. The quantitative estimate of drug-likeness (QED) is 0.671. The first-order chi connectivity index (χ1) is 13.7. The predicted molar refractivity (Wildman–Crippen MR) is 116 cm³/mol. The first-order valence-electron chi connectivity index (χ1n) is 10.8. The van der Waals surface area contributed by atoms with Crippen molar-refractivity contribution in [3.8, 4) is 5.75 Å². The summed E-state index contributed by atoms with van der Waals surface area (Å²) < 4.78 is 5.99. The van der Waals surface area contributed by atoms with Crippen LogP contribution in [0.1, 0.15) is 50.2 Å². The maximum absolute atomic E-state index is 10.5. The van der Waals surface area contributed by atoms with Crippen LogP contribution in [0.2, 0.25) is 0 Å². The van der Waals surface area contributed by atoms with Crippen molar-refractivity contribution < 1.29 is 9.84 Å². The molecule has 3 rings (SSSR count). The molecule has 1 aliphatic heterocycles. The van der Waals surface area contributed by atoms with Crippen LogP contribution < -0.4 is 4.74 Å². The standard InChI is InChI=1S/C25H35NO2/c1-3-20(2)24-11-7-8-12-25(24)28-19-23(27)18-26-15-13-22(14-16-26)17-21-9-5-4-6-10-21/h4-12,20,22-23,27H,3,13-19H2,1-2H3/t20-,23+/m1/s1. The third kappa shape index (κ3) is 6.08. The highest BCUT2D eigenvalue weighted by atomic mass is 16.5. The summed E-state index contributed by atoms with van der Waals surface area (Å²) in [5.41, 5.74) is 2.67. The van der Waals surface area contributed by atoms with Gasteiger partial charge in [0.1, 0.15) is 18.5 Å². The summed E-state index contributed by atoms with van der Waals surface area (Å²) in [7, 11) is 0. The minimum atomic E-state index is -0.448. The lowest BCUT2D eigenvalue weighted by Crippen LogP contribution is -2.41. The van der Waals surface area contributed by atoms with Gasteiger partial charge in [-0.2, -0.15) is 0 Å². The van der Waals surface area contributed by atoms with E-state index in [4.69, 9.17) is 4.74 Å². The van der Waals surface area contributed by atoms with Crippen molar-refractivity contribution in [1.82, 2.24) is 4.90 Å². The van der Waals surface area contributed by atoms with Crippen molar-refractivity contribution in [2.45, 2.75) is 51.6 Å². The van der Waals surface area contributed by atoms with Gasteiger partial charge in [0.25, 0.3) is 0 Å².